The van der Waals surface area contributed by atoms with Crippen molar-refractivity contribution in [2.75, 3.05) is 18.0 Å². The van der Waals surface area contributed by atoms with Crippen LogP contribution in [0.2, 0.25) is 0 Å². The molecule has 2 aromatic heterocycles. The van der Waals surface area contributed by atoms with E-state index in [-0.39, 0.29) is 36.0 Å². The number of rotatable bonds is 6. The number of anilines is 1. The maximum Gasteiger partial charge on any atom is 0.309 e. The Morgan fingerprint density at radius 3 is 2.53 bits per heavy atom. The molecule has 0 amide bonds. The first kappa shape index (κ1) is 19.4. The smallest absolute Gasteiger partial charge is 0.309 e. The van der Waals surface area contributed by atoms with Gasteiger partial charge in [0.25, 0.3) is 11.6 Å². The highest BCUT2D eigenvalue weighted by Gasteiger charge is 2.27. The molecule has 154 valence electrons. The Morgan fingerprint density at radius 1 is 1.17 bits per heavy atom. The van der Waals surface area contributed by atoms with Crippen LogP contribution in [0.25, 0.3) is 11.5 Å². The lowest BCUT2D eigenvalue weighted by Crippen LogP contribution is -2.37. The van der Waals surface area contributed by atoms with Crippen LogP contribution < -0.4 is 4.90 Å². The first-order valence-corrected chi connectivity index (χ1v) is 9.36. The molecule has 3 heterocycles. The van der Waals surface area contributed by atoms with Crippen molar-refractivity contribution in [3.05, 3.63) is 58.7 Å². The minimum Gasteiger partial charge on any atom is -0.455 e. The van der Waals surface area contributed by atoms with Crippen LogP contribution in [0.15, 0.2) is 47.1 Å². The van der Waals surface area contributed by atoms with Crippen LogP contribution in [0, 0.1) is 16.0 Å². The molecule has 0 bridgehead atoms. The summed E-state index contributed by atoms with van der Waals surface area (Å²) in [5, 5.41) is 18.5. The molecule has 1 aliphatic heterocycles. The van der Waals surface area contributed by atoms with Gasteiger partial charge < -0.3 is 14.1 Å². The maximum atomic E-state index is 12.4. The second-order valence-electron chi connectivity index (χ2n) is 6.72. The number of hydrogen-bond acceptors (Lipinski definition) is 10. The largest absolute Gasteiger partial charge is 0.455 e. The predicted octanol–water partition coefficient (Wildman–Crippen LogP) is 2.39. The van der Waals surface area contributed by atoms with Gasteiger partial charge >= 0.3 is 5.97 Å². The first-order chi connectivity index (χ1) is 14.6. The lowest BCUT2D eigenvalue weighted by molar-refractivity contribution is -0.384. The molecule has 1 fully saturated rings. The number of nitro benzene ring substituents is 1. The highest BCUT2D eigenvalue weighted by atomic mass is 16.6. The fourth-order valence-corrected chi connectivity index (χ4v) is 3.17. The summed E-state index contributed by atoms with van der Waals surface area (Å²) in [6, 6.07) is 7.51. The van der Waals surface area contributed by atoms with E-state index in [1.807, 2.05) is 4.90 Å². The second-order valence-corrected chi connectivity index (χ2v) is 6.72. The average molecular weight is 410 g/mol. The molecule has 3 aromatic rings. The van der Waals surface area contributed by atoms with Crippen LogP contribution in [0.3, 0.4) is 0 Å². The average Bonchev–Trinajstić information content (AvgIpc) is 3.27. The summed E-state index contributed by atoms with van der Waals surface area (Å²) in [5.41, 5.74) is 0.512. The van der Waals surface area contributed by atoms with Crippen LogP contribution in [0.1, 0.15) is 18.7 Å². The van der Waals surface area contributed by atoms with Gasteiger partial charge in [0.05, 0.1) is 10.8 Å². The third-order valence-corrected chi connectivity index (χ3v) is 4.79. The number of ether oxygens (including phenoxy) is 1. The molecule has 0 saturated carbocycles. The van der Waals surface area contributed by atoms with Crippen molar-refractivity contribution < 1.29 is 18.9 Å². The summed E-state index contributed by atoms with van der Waals surface area (Å²) < 4.78 is 10.8. The molecule has 0 atom stereocenters. The fraction of sp³-hybridized carbons (Fsp3) is 0.316. The van der Waals surface area contributed by atoms with Gasteiger partial charge in [-0.1, -0.05) is 0 Å². The van der Waals surface area contributed by atoms with Crippen molar-refractivity contribution in [3.63, 3.8) is 0 Å². The van der Waals surface area contributed by atoms with Gasteiger partial charge in [-0.25, -0.2) is 9.97 Å². The summed E-state index contributed by atoms with van der Waals surface area (Å²) in [6.45, 7) is 1.23. The van der Waals surface area contributed by atoms with Gasteiger partial charge in [-0.3, -0.25) is 14.9 Å². The number of aromatic nitrogens is 4. The number of non-ortho nitro benzene ring substituents is 1. The third-order valence-electron chi connectivity index (χ3n) is 4.79. The highest BCUT2D eigenvalue weighted by molar-refractivity contribution is 5.72. The number of esters is 1. The van der Waals surface area contributed by atoms with E-state index in [1.54, 1.807) is 18.5 Å². The number of carbonyl (C=O) groups is 1. The quantitative estimate of drug-likeness (QED) is 0.338. The maximum absolute atomic E-state index is 12.4. The summed E-state index contributed by atoms with van der Waals surface area (Å²) in [7, 11) is 0. The zero-order chi connectivity index (χ0) is 20.9. The van der Waals surface area contributed by atoms with Crippen LogP contribution in [0.4, 0.5) is 11.6 Å². The standard InChI is InChI=1S/C19H18N6O5/c26-18(14-6-10-24(11-7-14)19-20-8-1-9-21-19)29-12-16-22-23-17(30-16)13-2-4-15(5-3-13)25(27)28/h1-5,8-9,14H,6-7,10-12H2. The van der Waals surface area contributed by atoms with Crippen molar-refractivity contribution in [1.29, 1.82) is 0 Å². The van der Waals surface area contributed by atoms with Crippen molar-refractivity contribution >= 4 is 17.6 Å². The van der Waals surface area contributed by atoms with Gasteiger partial charge in [0, 0.05) is 43.2 Å². The van der Waals surface area contributed by atoms with Crippen molar-refractivity contribution in [2.24, 2.45) is 5.92 Å². The molecular formula is C19H18N6O5. The van der Waals surface area contributed by atoms with Crippen LogP contribution in [0.5, 0.6) is 0 Å². The van der Waals surface area contributed by atoms with E-state index >= 15 is 0 Å². The first-order valence-electron chi connectivity index (χ1n) is 9.36. The predicted molar refractivity (Wildman–Crippen MR) is 103 cm³/mol. The van der Waals surface area contributed by atoms with Gasteiger partial charge in [0.1, 0.15) is 0 Å². The Labute approximate surface area is 170 Å². The van der Waals surface area contributed by atoms with E-state index in [4.69, 9.17) is 9.15 Å². The number of nitrogens with zero attached hydrogens (tertiary/aromatic N) is 6. The van der Waals surface area contributed by atoms with Crippen LogP contribution in [-0.2, 0) is 16.1 Å². The molecule has 11 heteroatoms. The SMILES string of the molecule is O=C(OCc1nnc(-c2ccc([N+](=O)[O-])cc2)o1)C1CCN(c2ncccn2)CC1. The molecule has 30 heavy (non-hydrogen) atoms. The topological polar surface area (TPSA) is 137 Å². The second kappa shape index (κ2) is 8.64. The molecule has 0 spiro atoms. The third kappa shape index (κ3) is 4.40. The van der Waals surface area contributed by atoms with Gasteiger partial charge in [0.2, 0.25) is 11.8 Å². The molecule has 0 aliphatic carbocycles. The lowest BCUT2D eigenvalue weighted by Gasteiger charge is -2.30. The number of hydrogen-bond donors (Lipinski definition) is 0. The normalized spacial score (nSPS) is 14.5. The van der Waals surface area contributed by atoms with E-state index in [1.165, 1.54) is 24.3 Å². The molecule has 0 N–H and O–H groups in total. The monoisotopic (exact) mass is 410 g/mol. The molecular weight excluding hydrogens is 392 g/mol. The van der Waals surface area contributed by atoms with Gasteiger partial charge in [-0.15, -0.1) is 10.2 Å². The Bertz CT molecular complexity index is 1020. The van der Waals surface area contributed by atoms with Crippen molar-refractivity contribution in [2.45, 2.75) is 19.4 Å². The summed E-state index contributed by atoms with van der Waals surface area (Å²) >= 11 is 0. The molecule has 1 aliphatic rings. The molecule has 0 unspecified atom stereocenters. The Morgan fingerprint density at radius 2 is 1.87 bits per heavy atom. The van der Waals surface area contributed by atoms with Crippen LogP contribution >= 0.6 is 0 Å². The van der Waals surface area contributed by atoms with E-state index in [9.17, 15) is 14.9 Å². The minimum absolute atomic E-state index is 0.0303. The van der Waals surface area contributed by atoms with Gasteiger partial charge in [0.15, 0.2) is 6.61 Å². The Kier molecular flexibility index (Phi) is 5.59. The Hall–Kier alpha value is -3.89. The fourth-order valence-electron chi connectivity index (χ4n) is 3.17. The number of piperidine rings is 1. The number of nitro groups is 1. The molecule has 1 saturated heterocycles. The van der Waals surface area contributed by atoms with E-state index in [2.05, 4.69) is 20.2 Å². The van der Waals surface area contributed by atoms with E-state index in [0.29, 0.717) is 37.4 Å². The van der Waals surface area contributed by atoms with E-state index in [0.717, 1.165) is 0 Å². The van der Waals surface area contributed by atoms with Gasteiger partial charge in [-0.05, 0) is 31.0 Å². The van der Waals surface area contributed by atoms with Gasteiger partial charge in [-0.2, -0.15) is 0 Å². The Balaban J connectivity index is 1.28. The van der Waals surface area contributed by atoms with Crippen LogP contribution in [-0.4, -0.2) is 44.1 Å². The van der Waals surface area contributed by atoms with Crippen molar-refractivity contribution in [1.82, 2.24) is 20.2 Å². The van der Waals surface area contributed by atoms with E-state index < -0.39 is 4.92 Å². The zero-order valence-electron chi connectivity index (χ0n) is 15.9. The molecule has 4 rings (SSSR count). The number of carbonyl (C=O) groups excluding carboxylic acids is 1. The summed E-state index contributed by atoms with van der Waals surface area (Å²) in [4.78, 5) is 33.1. The lowest BCUT2D eigenvalue weighted by atomic mass is 9.97. The molecule has 0 radical (unpaired) electrons. The summed E-state index contributed by atoms with van der Waals surface area (Å²) in [5.74, 6) is 0.508. The molecule has 11 nitrogen and oxygen atoms in total. The minimum atomic E-state index is -0.486. The number of benzene rings is 1. The van der Waals surface area contributed by atoms with Crippen molar-refractivity contribution in [3.8, 4) is 11.5 Å². The zero-order valence-corrected chi connectivity index (χ0v) is 15.9. The molecule has 1 aromatic carbocycles. The highest BCUT2D eigenvalue weighted by Crippen LogP contribution is 2.23. The summed E-state index contributed by atoms with van der Waals surface area (Å²) in [6.07, 6.45) is 4.68.